The zero-order valence-electron chi connectivity index (χ0n) is 23.7. The molecule has 0 aliphatic carbocycles. The number of aryl methyl sites for hydroxylation is 1. The van der Waals surface area contributed by atoms with E-state index in [0.29, 0.717) is 22.2 Å². The number of carbonyl (C=O) groups is 2. The molecule has 4 aromatic carbocycles. The molecular weight excluding hydrogens is 550 g/mol. The molecule has 5 aromatic rings. The Labute approximate surface area is 245 Å². The van der Waals surface area contributed by atoms with E-state index in [2.05, 4.69) is 0 Å². The highest BCUT2D eigenvalue weighted by Gasteiger charge is 2.29. The Bertz CT molecular complexity index is 1910. The number of nitrogens with zero attached hydrogens (tertiary/aromatic N) is 1. The maximum Gasteiger partial charge on any atom is 0.345 e. The van der Waals surface area contributed by atoms with Crippen LogP contribution in [0.1, 0.15) is 36.2 Å². The van der Waals surface area contributed by atoms with Crippen LogP contribution in [0.5, 0.6) is 0 Å². The number of ether oxygens (including phenoxy) is 2. The van der Waals surface area contributed by atoms with Crippen LogP contribution >= 0.6 is 0 Å². The van der Waals surface area contributed by atoms with Gasteiger partial charge < -0.3 is 9.47 Å². The van der Waals surface area contributed by atoms with Crippen LogP contribution in [0.15, 0.2) is 101 Å². The van der Waals surface area contributed by atoms with Crippen molar-refractivity contribution in [2.75, 3.05) is 13.2 Å². The number of fused-ring (bicyclic) bond motifs is 2. The fourth-order valence-corrected chi connectivity index (χ4v) is 6.66. The number of esters is 2. The average molecular weight is 582 g/mol. The molecule has 0 amide bonds. The summed E-state index contributed by atoms with van der Waals surface area (Å²) >= 11 is 0. The number of hydrogen-bond acceptors (Lipinski definition) is 6. The largest absolute Gasteiger partial charge is 0.462 e. The van der Waals surface area contributed by atoms with Crippen LogP contribution in [0.2, 0.25) is 0 Å². The first kappa shape index (κ1) is 28.8. The molecule has 0 saturated heterocycles. The van der Waals surface area contributed by atoms with Crippen molar-refractivity contribution >= 4 is 49.7 Å². The van der Waals surface area contributed by atoms with Gasteiger partial charge in [0.05, 0.1) is 23.6 Å². The summed E-state index contributed by atoms with van der Waals surface area (Å²) in [6.45, 7) is 5.30. The molecule has 8 heteroatoms. The zero-order chi connectivity index (χ0) is 29.9. The minimum absolute atomic E-state index is 0.0575. The average Bonchev–Trinajstić information content (AvgIpc) is 3.29. The molecule has 5 rings (SSSR count). The number of aromatic nitrogens is 1. The van der Waals surface area contributed by atoms with Crippen LogP contribution in [0.25, 0.3) is 27.8 Å². The highest BCUT2D eigenvalue weighted by Crippen LogP contribution is 2.35. The second kappa shape index (κ2) is 12.0. The van der Waals surface area contributed by atoms with E-state index in [1.165, 1.54) is 10.0 Å². The molecule has 0 aliphatic heterocycles. The monoisotopic (exact) mass is 581 g/mol. The number of rotatable bonds is 9. The van der Waals surface area contributed by atoms with Gasteiger partial charge in [0.15, 0.2) is 0 Å². The van der Waals surface area contributed by atoms with E-state index in [1.807, 2.05) is 49.4 Å². The van der Waals surface area contributed by atoms with Gasteiger partial charge in [-0.3, -0.25) is 0 Å². The summed E-state index contributed by atoms with van der Waals surface area (Å²) in [5, 5.41) is 2.54. The standard InChI is InChI=1S/C34H31NO6S/c1-4-40-33(36)30(34(37)41-5-2)22-29-28-15-8-9-16-31(28)35(42(38,39)26-19-17-23(3)18-20-26)32(29)21-25-13-10-12-24-11-6-7-14-27(24)25/h6-20,22H,4-5,21H2,1-3H3. The first-order valence-corrected chi connectivity index (χ1v) is 15.2. The van der Waals surface area contributed by atoms with E-state index in [9.17, 15) is 18.0 Å². The lowest BCUT2D eigenvalue weighted by molar-refractivity contribution is -0.146. The van der Waals surface area contributed by atoms with Crippen molar-refractivity contribution in [1.82, 2.24) is 3.97 Å². The first-order valence-electron chi connectivity index (χ1n) is 13.7. The summed E-state index contributed by atoms with van der Waals surface area (Å²) in [4.78, 5) is 26.1. The zero-order valence-corrected chi connectivity index (χ0v) is 24.5. The second-order valence-electron chi connectivity index (χ2n) is 9.77. The Morgan fingerprint density at radius 2 is 1.36 bits per heavy atom. The Hall–Kier alpha value is -4.69. The van der Waals surface area contributed by atoms with Crippen molar-refractivity contribution in [1.29, 1.82) is 0 Å². The van der Waals surface area contributed by atoms with Gasteiger partial charge in [-0.1, -0.05) is 78.4 Å². The first-order chi connectivity index (χ1) is 20.3. The lowest BCUT2D eigenvalue weighted by atomic mass is 9.98. The molecule has 0 bridgehead atoms. The van der Waals surface area contributed by atoms with Crippen LogP contribution in [-0.2, 0) is 35.5 Å². The van der Waals surface area contributed by atoms with Gasteiger partial charge in [0.2, 0.25) is 0 Å². The molecule has 1 heterocycles. The van der Waals surface area contributed by atoms with E-state index >= 15 is 0 Å². The highest BCUT2D eigenvalue weighted by molar-refractivity contribution is 7.90. The fourth-order valence-electron chi connectivity index (χ4n) is 5.10. The van der Waals surface area contributed by atoms with E-state index in [1.54, 1.807) is 62.4 Å². The normalized spacial score (nSPS) is 11.4. The van der Waals surface area contributed by atoms with Crippen molar-refractivity contribution in [3.63, 3.8) is 0 Å². The Morgan fingerprint density at radius 1 is 0.762 bits per heavy atom. The summed E-state index contributed by atoms with van der Waals surface area (Å²) in [6.07, 6.45) is 1.60. The SMILES string of the molecule is CCOC(=O)C(=Cc1c(Cc2cccc3ccccc23)n(S(=O)(=O)c2ccc(C)cc2)c2ccccc12)C(=O)OCC. The van der Waals surface area contributed by atoms with Crippen LogP contribution in [-0.4, -0.2) is 37.5 Å². The van der Waals surface area contributed by atoms with Crippen LogP contribution in [0.4, 0.5) is 0 Å². The third kappa shape index (κ3) is 5.45. The van der Waals surface area contributed by atoms with Crippen molar-refractivity contribution < 1.29 is 27.5 Å². The Kier molecular flexibility index (Phi) is 8.27. The third-order valence-corrected chi connectivity index (χ3v) is 8.81. The van der Waals surface area contributed by atoms with Crippen LogP contribution < -0.4 is 0 Å². The predicted molar refractivity (Wildman–Crippen MR) is 164 cm³/mol. The van der Waals surface area contributed by atoms with E-state index < -0.39 is 22.0 Å². The molecule has 0 fully saturated rings. The fraction of sp³-hybridized carbons (Fsp3) is 0.176. The van der Waals surface area contributed by atoms with Gasteiger partial charge in [-0.05, 0) is 61.4 Å². The summed E-state index contributed by atoms with van der Waals surface area (Å²) in [6, 6.07) is 27.5. The minimum atomic E-state index is -4.11. The van der Waals surface area contributed by atoms with Gasteiger partial charge in [0, 0.05) is 23.1 Å². The molecule has 0 radical (unpaired) electrons. The van der Waals surface area contributed by atoms with Crippen molar-refractivity contribution in [2.45, 2.75) is 32.1 Å². The summed E-state index contributed by atoms with van der Waals surface area (Å²) in [5.74, 6) is -1.68. The molecule has 1 aromatic heterocycles. The maximum absolute atomic E-state index is 14.4. The van der Waals surface area contributed by atoms with E-state index in [4.69, 9.17) is 9.47 Å². The Balaban J connectivity index is 1.86. The predicted octanol–water partition coefficient (Wildman–Crippen LogP) is 6.44. The van der Waals surface area contributed by atoms with E-state index in [-0.39, 0.29) is 30.1 Å². The van der Waals surface area contributed by atoms with Crippen molar-refractivity contribution in [3.8, 4) is 0 Å². The lowest BCUT2D eigenvalue weighted by Gasteiger charge is -2.15. The van der Waals surface area contributed by atoms with Gasteiger partial charge in [-0.15, -0.1) is 0 Å². The summed E-state index contributed by atoms with van der Waals surface area (Å²) in [7, 11) is -4.11. The molecule has 0 N–H and O–H groups in total. The quantitative estimate of drug-likeness (QED) is 0.0861. The second-order valence-corrected chi connectivity index (χ2v) is 11.6. The van der Waals surface area contributed by atoms with Gasteiger partial charge in [0.25, 0.3) is 10.0 Å². The molecule has 0 saturated carbocycles. The molecule has 42 heavy (non-hydrogen) atoms. The number of benzene rings is 4. The van der Waals surface area contributed by atoms with Gasteiger partial charge in [0.1, 0.15) is 5.57 Å². The van der Waals surface area contributed by atoms with Gasteiger partial charge in [-0.2, -0.15) is 0 Å². The van der Waals surface area contributed by atoms with Crippen molar-refractivity contribution in [2.24, 2.45) is 0 Å². The van der Waals surface area contributed by atoms with E-state index in [0.717, 1.165) is 21.9 Å². The van der Waals surface area contributed by atoms with Gasteiger partial charge in [-0.25, -0.2) is 22.0 Å². The number of para-hydroxylation sites is 1. The topological polar surface area (TPSA) is 91.7 Å². The molecule has 0 spiro atoms. The Morgan fingerprint density at radius 3 is 2.02 bits per heavy atom. The molecule has 0 atom stereocenters. The van der Waals surface area contributed by atoms with Crippen LogP contribution in [0.3, 0.4) is 0 Å². The minimum Gasteiger partial charge on any atom is -0.462 e. The highest BCUT2D eigenvalue weighted by atomic mass is 32.2. The van der Waals surface area contributed by atoms with Gasteiger partial charge >= 0.3 is 11.9 Å². The third-order valence-electron chi connectivity index (χ3n) is 7.05. The molecule has 0 aliphatic rings. The smallest absolute Gasteiger partial charge is 0.345 e. The lowest BCUT2D eigenvalue weighted by Crippen LogP contribution is -2.19. The molecule has 7 nitrogen and oxygen atoms in total. The van der Waals surface area contributed by atoms with Crippen LogP contribution in [0, 0.1) is 6.92 Å². The molecular formula is C34H31NO6S. The number of hydrogen-bond donors (Lipinski definition) is 0. The maximum atomic E-state index is 14.4. The molecule has 214 valence electrons. The summed E-state index contributed by atoms with van der Waals surface area (Å²) in [5.41, 5.74) is 2.75. The number of carbonyl (C=O) groups excluding carboxylic acids is 2. The molecule has 0 unspecified atom stereocenters. The van der Waals surface area contributed by atoms with Crippen molar-refractivity contribution in [3.05, 3.63) is 119 Å². The summed E-state index contributed by atoms with van der Waals surface area (Å²) < 4.78 is 40.4.